The molecule has 5 nitrogen and oxygen atoms in total. The lowest BCUT2D eigenvalue weighted by Gasteiger charge is -2.21. The molecular formula is C13H21ClN2O3S. The second kappa shape index (κ2) is 7.26. The Morgan fingerprint density at radius 2 is 2.00 bits per heavy atom. The van der Waals surface area contributed by atoms with Gasteiger partial charge in [-0.3, -0.25) is 0 Å². The number of nitrogens with zero attached hydrogens (tertiary/aromatic N) is 1. The maximum Gasteiger partial charge on any atom is 0.243 e. The molecule has 0 fully saturated rings. The molecule has 0 aliphatic carbocycles. The molecular weight excluding hydrogens is 300 g/mol. The van der Waals surface area contributed by atoms with Gasteiger partial charge in [0.2, 0.25) is 10.0 Å². The average Bonchev–Trinajstić information content (AvgIpc) is 2.39. The molecule has 0 aromatic heterocycles. The van der Waals surface area contributed by atoms with Gasteiger partial charge in [-0.1, -0.05) is 24.9 Å². The summed E-state index contributed by atoms with van der Waals surface area (Å²) in [5.41, 5.74) is 6.58. The van der Waals surface area contributed by atoms with Crippen LogP contribution in [0.5, 0.6) is 0 Å². The lowest BCUT2D eigenvalue weighted by atomic mass is 10.2. The monoisotopic (exact) mass is 320 g/mol. The normalized spacial score (nSPS) is 12.1. The highest BCUT2D eigenvalue weighted by Crippen LogP contribution is 2.28. The topological polar surface area (TPSA) is 83.6 Å². The maximum atomic E-state index is 12.6. The fraction of sp³-hybridized carbons (Fsp3) is 0.538. The van der Waals surface area contributed by atoms with Crippen molar-refractivity contribution in [2.45, 2.75) is 31.6 Å². The Labute approximate surface area is 125 Å². The van der Waals surface area contributed by atoms with Gasteiger partial charge < -0.3 is 10.8 Å². The van der Waals surface area contributed by atoms with Crippen LogP contribution in [-0.4, -0.2) is 37.5 Å². The van der Waals surface area contributed by atoms with E-state index in [4.69, 9.17) is 22.4 Å². The summed E-state index contributed by atoms with van der Waals surface area (Å²) in [7, 11) is -3.66. The van der Waals surface area contributed by atoms with E-state index >= 15 is 0 Å². The third-order valence-electron chi connectivity index (χ3n) is 3.00. The zero-order chi connectivity index (χ0) is 15.3. The van der Waals surface area contributed by atoms with Crippen molar-refractivity contribution >= 4 is 27.3 Å². The molecule has 1 aromatic carbocycles. The molecule has 20 heavy (non-hydrogen) atoms. The quantitative estimate of drug-likeness (QED) is 0.753. The molecule has 3 N–H and O–H groups in total. The number of halogens is 1. The number of unbranched alkanes of at least 4 members (excludes halogenated alkanes) is 1. The SMILES string of the molecule is CCCCN(CCO)S(=O)(=O)c1cc(C)c(Cl)c(N)c1. The Hall–Kier alpha value is -0.820. The lowest BCUT2D eigenvalue weighted by Crippen LogP contribution is -2.34. The van der Waals surface area contributed by atoms with Gasteiger partial charge in [-0.05, 0) is 31.0 Å². The van der Waals surface area contributed by atoms with Crippen molar-refractivity contribution in [3.05, 3.63) is 22.7 Å². The van der Waals surface area contributed by atoms with Crippen molar-refractivity contribution in [1.29, 1.82) is 0 Å². The smallest absolute Gasteiger partial charge is 0.243 e. The van der Waals surface area contributed by atoms with Crippen molar-refractivity contribution in [1.82, 2.24) is 4.31 Å². The van der Waals surface area contributed by atoms with E-state index in [0.717, 1.165) is 12.8 Å². The molecule has 0 aliphatic heterocycles. The number of benzene rings is 1. The summed E-state index contributed by atoms with van der Waals surface area (Å²) in [6.45, 7) is 3.92. The van der Waals surface area contributed by atoms with Crippen LogP contribution in [0.3, 0.4) is 0 Å². The summed E-state index contributed by atoms with van der Waals surface area (Å²) < 4.78 is 26.4. The number of aliphatic hydroxyl groups is 1. The number of nitrogens with two attached hydrogens (primary N) is 1. The Kier molecular flexibility index (Phi) is 6.26. The Morgan fingerprint density at radius 1 is 1.35 bits per heavy atom. The van der Waals surface area contributed by atoms with Gasteiger partial charge in [-0.2, -0.15) is 4.31 Å². The van der Waals surface area contributed by atoms with E-state index < -0.39 is 10.0 Å². The van der Waals surface area contributed by atoms with Gasteiger partial charge in [0.15, 0.2) is 0 Å². The van der Waals surface area contributed by atoms with Gasteiger partial charge in [-0.15, -0.1) is 0 Å². The summed E-state index contributed by atoms with van der Waals surface area (Å²) in [6, 6.07) is 2.87. The van der Waals surface area contributed by atoms with E-state index in [2.05, 4.69) is 0 Å². The van der Waals surface area contributed by atoms with Gasteiger partial charge in [-0.25, -0.2) is 8.42 Å². The fourth-order valence-corrected chi connectivity index (χ4v) is 3.56. The predicted octanol–water partition coefficient (Wildman–Crippen LogP) is 2.01. The lowest BCUT2D eigenvalue weighted by molar-refractivity contribution is 0.252. The molecule has 0 saturated heterocycles. The van der Waals surface area contributed by atoms with Crippen LogP contribution in [0.25, 0.3) is 0 Å². The van der Waals surface area contributed by atoms with Gasteiger partial charge >= 0.3 is 0 Å². The van der Waals surface area contributed by atoms with E-state index in [0.29, 0.717) is 17.1 Å². The first kappa shape index (κ1) is 17.2. The number of aryl methyl sites for hydroxylation is 1. The Bertz CT molecular complexity index is 538. The van der Waals surface area contributed by atoms with Crippen molar-refractivity contribution in [3.63, 3.8) is 0 Å². The van der Waals surface area contributed by atoms with Crippen LogP contribution >= 0.6 is 11.6 Å². The number of rotatable bonds is 7. The largest absolute Gasteiger partial charge is 0.397 e. The molecule has 0 spiro atoms. The van der Waals surface area contributed by atoms with E-state index in [1.165, 1.54) is 16.4 Å². The van der Waals surface area contributed by atoms with E-state index in [-0.39, 0.29) is 23.7 Å². The summed E-state index contributed by atoms with van der Waals surface area (Å²) in [6.07, 6.45) is 1.61. The number of hydrogen-bond donors (Lipinski definition) is 2. The summed E-state index contributed by atoms with van der Waals surface area (Å²) in [4.78, 5) is 0.112. The molecule has 1 aromatic rings. The first-order valence-corrected chi connectivity index (χ1v) is 8.33. The van der Waals surface area contributed by atoms with Crippen molar-refractivity contribution in [2.24, 2.45) is 0 Å². The van der Waals surface area contributed by atoms with Gasteiger partial charge in [0.25, 0.3) is 0 Å². The number of sulfonamides is 1. The number of aliphatic hydroxyl groups excluding tert-OH is 1. The minimum absolute atomic E-state index is 0.0733. The molecule has 0 bridgehead atoms. The molecule has 0 radical (unpaired) electrons. The van der Waals surface area contributed by atoms with Gasteiger partial charge in [0.05, 0.1) is 22.2 Å². The van der Waals surface area contributed by atoms with E-state index in [1.54, 1.807) is 6.92 Å². The number of nitrogen functional groups attached to an aromatic ring is 1. The summed E-state index contributed by atoms with van der Waals surface area (Å²) in [5.74, 6) is 0. The van der Waals surface area contributed by atoms with Crippen LogP contribution in [0, 0.1) is 6.92 Å². The first-order chi connectivity index (χ1) is 9.34. The van der Waals surface area contributed by atoms with Crippen LogP contribution in [0.4, 0.5) is 5.69 Å². The highest BCUT2D eigenvalue weighted by atomic mass is 35.5. The number of hydrogen-bond acceptors (Lipinski definition) is 4. The van der Waals surface area contributed by atoms with E-state index in [9.17, 15) is 8.42 Å². The van der Waals surface area contributed by atoms with E-state index in [1.807, 2.05) is 6.92 Å². The standard InChI is InChI=1S/C13H21ClN2O3S/c1-3-4-5-16(6-7-17)20(18,19)11-8-10(2)13(14)12(15)9-11/h8-9,17H,3-7,15H2,1-2H3. The Balaban J connectivity index is 3.18. The zero-order valence-electron chi connectivity index (χ0n) is 11.8. The van der Waals surface area contributed by atoms with Crippen LogP contribution in [-0.2, 0) is 10.0 Å². The number of anilines is 1. The van der Waals surface area contributed by atoms with Crippen LogP contribution in [0.2, 0.25) is 5.02 Å². The molecule has 1 rings (SSSR count). The second-order valence-corrected chi connectivity index (χ2v) is 6.94. The Morgan fingerprint density at radius 3 is 2.50 bits per heavy atom. The summed E-state index contributed by atoms with van der Waals surface area (Å²) >= 11 is 5.95. The fourth-order valence-electron chi connectivity index (χ4n) is 1.86. The second-order valence-electron chi connectivity index (χ2n) is 4.62. The van der Waals surface area contributed by atoms with Crippen LogP contribution in [0.1, 0.15) is 25.3 Å². The minimum atomic E-state index is -3.66. The molecule has 114 valence electrons. The molecule has 0 atom stereocenters. The third-order valence-corrected chi connectivity index (χ3v) is 5.40. The average molecular weight is 321 g/mol. The molecule has 0 saturated carbocycles. The van der Waals surface area contributed by atoms with Crippen LogP contribution in [0.15, 0.2) is 17.0 Å². The molecule has 0 unspecified atom stereocenters. The van der Waals surface area contributed by atoms with Gasteiger partial charge in [0, 0.05) is 13.1 Å². The summed E-state index contributed by atoms with van der Waals surface area (Å²) in [5, 5.41) is 9.41. The highest BCUT2D eigenvalue weighted by Gasteiger charge is 2.24. The molecule has 0 aliphatic rings. The first-order valence-electron chi connectivity index (χ1n) is 6.51. The molecule has 0 heterocycles. The maximum absolute atomic E-state index is 12.6. The van der Waals surface area contributed by atoms with Crippen molar-refractivity contribution in [2.75, 3.05) is 25.4 Å². The predicted molar refractivity (Wildman–Crippen MR) is 81.4 cm³/mol. The third kappa shape index (κ3) is 3.85. The molecule has 7 heteroatoms. The van der Waals surface area contributed by atoms with Crippen LogP contribution < -0.4 is 5.73 Å². The van der Waals surface area contributed by atoms with Crippen molar-refractivity contribution in [3.8, 4) is 0 Å². The minimum Gasteiger partial charge on any atom is -0.397 e. The highest BCUT2D eigenvalue weighted by molar-refractivity contribution is 7.89. The van der Waals surface area contributed by atoms with Gasteiger partial charge in [0.1, 0.15) is 0 Å². The molecule has 0 amide bonds. The van der Waals surface area contributed by atoms with Crippen molar-refractivity contribution < 1.29 is 13.5 Å². The zero-order valence-corrected chi connectivity index (χ0v) is 13.3.